The van der Waals surface area contributed by atoms with Crippen LogP contribution in [0.3, 0.4) is 0 Å². The van der Waals surface area contributed by atoms with Crippen LogP contribution in [0.1, 0.15) is 15.9 Å². The summed E-state index contributed by atoms with van der Waals surface area (Å²) in [5.74, 6) is -0.220. The number of hydrogen-bond acceptors (Lipinski definition) is 4. The lowest BCUT2D eigenvalue weighted by Crippen LogP contribution is -2.32. The maximum absolute atomic E-state index is 13.0. The van der Waals surface area contributed by atoms with Crippen molar-refractivity contribution in [2.24, 2.45) is 0 Å². The number of benzene rings is 1. The van der Waals surface area contributed by atoms with Gasteiger partial charge >= 0.3 is 5.69 Å². The largest absolute Gasteiger partial charge is 0.350 e. The van der Waals surface area contributed by atoms with Crippen LogP contribution in [0, 0.1) is 0 Å². The van der Waals surface area contributed by atoms with E-state index in [4.69, 9.17) is 0 Å². The van der Waals surface area contributed by atoms with Gasteiger partial charge in [0.2, 0.25) is 0 Å². The number of amides is 1. The second-order valence-electron chi connectivity index (χ2n) is 6.35. The lowest BCUT2D eigenvalue weighted by molar-refractivity contribution is 0.0952. The number of rotatable bonds is 6. The smallest absolute Gasteiger partial charge is 0.330 e. The summed E-state index contributed by atoms with van der Waals surface area (Å²) in [4.78, 5) is 33.5. The van der Waals surface area contributed by atoms with Crippen LogP contribution in [0.2, 0.25) is 0 Å². The minimum Gasteiger partial charge on any atom is -0.350 e. The Bertz CT molecular complexity index is 1150. The molecule has 3 aromatic heterocycles. The number of pyridine rings is 2. The van der Waals surface area contributed by atoms with Gasteiger partial charge in [0, 0.05) is 31.7 Å². The minimum atomic E-state index is -0.220. The summed E-state index contributed by atoms with van der Waals surface area (Å²) in [6, 6.07) is 16.9. The van der Waals surface area contributed by atoms with Crippen LogP contribution in [0.25, 0.3) is 11.2 Å². The monoisotopic (exact) mass is 373 g/mol. The number of carbonyl (C=O) groups excluding carboxylic acids is 1. The summed E-state index contributed by atoms with van der Waals surface area (Å²) in [6.07, 6.45) is 4.79. The first kappa shape index (κ1) is 17.7. The fraction of sp³-hybridized carbons (Fsp3) is 0.143. The van der Waals surface area contributed by atoms with Crippen molar-refractivity contribution >= 4 is 17.1 Å². The van der Waals surface area contributed by atoms with E-state index in [1.54, 1.807) is 33.7 Å². The van der Waals surface area contributed by atoms with Gasteiger partial charge in [0.1, 0.15) is 0 Å². The molecule has 0 unspecified atom stereocenters. The molecule has 1 aromatic carbocycles. The highest BCUT2D eigenvalue weighted by atomic mass is 16.2. The van der Waals surface area contributed by atoms with Gasteiger partial charge in [-0.25, -0.2) is 9.78 Å². The Kier molecular flexibility index (Phi) is 4.97. The van der Waals surface area contributed by atoms with E-state index in [0.29, 0.717) is 30.8 Å². The van der Waals surface area contributed by atoms with Crippen molar-refractivity contribution in [2.45, 2.75) is 13.1 Å². The highest BCUT2D eigenvalue weighted by Crippen LogP contribution is 2.12. The van der Waals surface area contributed by atoms with Crippen LogP contribution in [0.4, 0.5) is 0 Å². The molecule has 4 aromatic rings. The number of hydrogen-bond donors (Lipinski definition) is 1. The van der Waals surface area contributed by atoms with Crippen molar-refractivity contribution in [1.29, 1.82) is 0 Å². The van der Waals surface area contributed by atoms with Gasteiger partial charge in [-0.05, 0) is 29.8 Å². The zero-order chi connectivity index (χ0) is 19.3. The number of imidazole rings is 1. The summed E-state index contributed by atoms with van der Waals surface area (Å²) in [5.41, 5.74) is 2.76. The van der Waals surface area contributed by atoms with Crippen molar-refractivity contribution in [2.75, 3.05) is 6.54 Å². The highest BCUT2D eigenvalue weighted by molar-refractivity contribution is 5.93. The molecule has 7 heteroatoms. The third-order valence-corrected chi connectivity index (χ3v) is 4.50. The first-order valence-corrected chi connectivity index (χ1v) is 9.00. The van der Waals surface area contributed by atoms with Gasteiger partial charge in [-0.1, -0.05) is 30.3 Å². The van der Waals surface area contributed by atoms with E-state index in [-0.39, 0.29) is 11.6 Å². The zero-order valence-electron chi connectivity index (χ0n) is 15.2. The SMILES string of the molecule is O=C(NCCn1c(=O)n(Cc2ccccc2)c2cccnc21)c1cccnc1. The van der Waals surface area contributed by atoms with Crippen LogP contribution in [-0.2, 0) is 13.1 Å². The molecule has 0 fully saturated rings. The Morgan fingerprint density at radius 2 is 1.79 bits per heavy atom. The average Bonchev–Trinajstić information content (AvgIpc) is 3.01. The van der Waals surface area contributed by atoms with Gasteiger partial charge in [0.25, 0.3) is 5.91 Å². The van der Waals surface area contributed by atoms with E-state index in [1.165, 1.54) is 6.20 Å². The third kappa shape index (κ3) is 3.55. The molecule has 0 saturated carbocycles. The fourth-order valence-corrected chi connectivity index (χ4v) is 3.15. The number of carbonyl (C=O) groups is 1. The molecule has 1 N–H and O–H groups in total. The molecule has 0 radical (unpaired) electrons. The summed E-state index contributed by atoms with van der Waals surface area (Å²) >= 11 is 0. The molecule has 7 nitrogen and oxygen atoms in total. The first-order chi connectivity index (χ1) is 13.7. The second kappa shape index (κ2) is 7.87. The Balaban J connectivity index is 1.56. The van der Waals surface area contributed by atoms with E-state index in [0.717, 1.165) is 11.1 Å². The van der Waals surface area contributed by atoms with Crippen molar-refractivity contribution < 1.29 is 4.79 Å². The molecule has 3 heterocycles. The molecule has 0 aliphatic rings. The predicted molar refractivity (Wildman–Crippen MR) is 106 cm³/mol. The molecule has 0 spiro atoms. The van der Waals surface area contributed by atoms with E-state index in [1.807, 2.05) is 42.5 Å². The molecule has 0 aliphatic carbocycles. The van der Waals surface area contributed by atoms with Gasteiger partial charge in [0.05, 0.1) is 17.6 Å². The lowest BCUT2D eigenvalue weighted by atomic mass is 10.2. The van der Waals surface area contributed by atoms with Gasteiger partial charge in [-0.15, -0.1) is 0 Å². The number of nitrogens with one attached hydrogen (secondary N) is 1. The zero-order valence-corrected chi connectivity index (χ0v) is 15.2. The van der Waals surface area contributed by atoms with Gasteiger partial charge in [0.15, 0.2) is 5.65 Å². The van der Waals surface area contributed by atoms with Crippen LogP contribution in [0.15, 0.2) is 78.0 Å². The Morgan fingerprint density at radius 1 is 0.964 bits per heavy atom. The van der Waals surface area contributed by atoms with Gasteiger partial charge in [-0.2, -0.15) is 0 Å². The number of aromatic nitrogens is 4. The van der Waals surface area contributed by atoms with Crippen LogP contribution in [0.5, 0.6) is 0 Å². The highest BCUT2D eigenvalue weighted by Gasteiger charge is 2.14. The molecule has 28 heavy (non-hydrogen) atoms. The molecular formula is C21H19N5O2. The lowest BCUT2D eigenvalue weighted by Gasteiger charge is -2.06. The van der Waals surface area contributed by atoms with E-state index < -0.39 is 0 Å². The average molecular weight is 373 g/mol. The summed E-state index contributed by atoms with van der Waals surface area (Å²) in [5, 5.41) is 2.82. The van der Waals surface area contributed by atoms with Crippen molar-refractivity contribution in [3.05, 3.63) is 94.8 Å². The first-order valence-electron chi connectivity index (χ1n) is 9.00. The topological polar surface area (TPSA) is 81.8 Å². The molecule has 140 valence electrons. The Labute approximate surface area is 161 Å². The van der Waals surface area contributed by atoms with Crippen LogP contribution >= 0.6 is 0 Å². The summed E-state index contributed by atoms with van der Waals surface area (Å²) in [6.45, 7) is 1.12. The van der Waals surface area contributed by atoms with Crippen LogP contribution in [-0.4, -0.2) is 31.6 Å². The molecule has 0 saturated heterocycles. The Hall–Kier alpha value is -3.74. The molecule has 4 rings (SSSR count). The normalized spacial score (nSPS) is 10.9. The summed E-state index contributed by atoms with van der Waals surface area (Å²) in [7, 11) is 0. The minimum absolute atomic E-state index is 0.145. The van der Waals surface area contributed by atoms with Crippen molar-refractivity contribution in [3.63, 3.8) is 0 Å². The maximum atomic E-state index is 13.0. The maximum Gasteiger partial charge on any atom is 0.330 e. The standard InChI is InChI=1S/C21H19N5O2/c27-20(17-8-4-10-22-14-17)24-12-13-25-19-18(9-5-11-23-19)26(21(25)28)15-16-6-2-1-3-7-16/h1-11,14H,12-13,15H2,(H,24,27). The fourth-order valence-electron chi connectivity index (χ4n) is 3.15. The Morgan fingerprint density at radius 3 is 2.57 bits per heavy atom. The third-order valence-electron chi connectivity index (χ3n) is 4.50. The van der Waals surface area contributed by atoms with Gasteiger partial charge in [-0.3, -0.25) is 18.9 Å². The van der Waals surface area contributed by atoms with Crippen molar-refractivity contribution in [1.82, 2.24) is 24.4 Å². The second-order valence-corrected chi connectivity index (χ2v) is 6.35. The molecule has 1 amide bonds. The van der Waals surface area contributed by atoms with E-state index >= 15 is 0 Å². The van der Waals surface area contributed by atoms with E-state index in [2.05, 4.69) is 15.3 Å². The van der Waals surface area contributed by atoms with Crippen molar-refractivity contribution in [3.8, 4) is 0 Å². The quantitative estimate of drug-likeness (QED) is 0.561. The summed E-state index contributed by atoms with van der Waals surface area (Å²) < 4.78 is 3.31. The van der Waals surface area contributed by atoms with E-state index in [9.17, 15) is 9.59 Å². The number of nitrogens with zero attached hydrogens (tertiary/aromatic N) is 4. The molecule has 0 bridgehead atoms. The van der Waals surface area contributed by atoms with Crippen LogP contribution < -0.4 is 11.0 Å². The molecule has 0 aliphatic heterocycles. The number of fused-ring (bicyclic) bond motifs is 1. The van der Waals surface area contributed by atoms with Gasteiger partial charge < -0.3 is 5.32 Å². The molecule has 0 atom stereocenters. The predicted octanol–water partition coefficient (Wildman–Crippen LogP) is 2.07. The molecular weight excluding hydrogens is 354 g/mol.